The molecule has 0 radical (unpaired) electrons. The van der Waals surface area contributed by atoms with E-state index < -0.39 is 5.91 Å². The molecular formula is C10H15N7OS. The topological polar surface area (TPSA) is 127 Å². The van der Waals surface area contributed by atoms with Crippen molar-refractivity contribution in [3.05, 3.63) is 15.9 Å². The minimum absolute atomic E-state index is 0.126. The average molecular weight is 281 g/mol. The Bertz CT molecular complexity index is 709. The number of hydrogen-bond acceptors (Lipinski definition) is 6. The van der Waals surface area contributed by atoms with Gasteiger partial charge in [0.15, 0.2) is 10.3 Å². The SMILES string of the molecule is CC(C)(C)c1nnc2c(C(=O)NN)c(N)[nH]n2c1=S. The molecule has 0 aliphatic carbocycles. The Kier molecular flexibility index (Phi) is 3.03. The summed E-state index contributed by atoms with van der Waals surface area (Å²) in [6.07, 6.45) is 0. The summed E-state index contributed by atoms with van der Waals surface area (Å²) in [6, 6.07) is 0. The molecule has 2 aromatic rings. The van der Waals surface area contributed by atoms with Gasteiger partial charge in [0.25, 0.3) is 5.91 Å². The highest BCUT2D eigenvalue weighted by molar-refractivity contribution is 7.71. The number of H-pyrrole nitrogens is 1. The van der Waals surface area contributed by atoms with Crippen LogP contribution in [-0.2, 0) is 5.41 Å². The van der Waals surface area contributed by atoms with Gasteiger partial charge in [0.1, 0.15) is 17.1 Å². The minimum Gasteiger partial charge on any atom is -0.383 e. The number of aromatic amines is 1. The van der Waals surface area contributed by atoms with Gasteiger partial charge in [-0.1, -0.05) is 33.0 Å². The number of aromatic nitrogens is 4. The van der Waals surface area contributed by atoms with E-state index >= 15 is 0 Å². The molecule has 0 spiro atoms. The highest BCUT2D eigenvalue weighted by Gasteiger charge is 2.23. The summed E-state index contributed by atoms with van der Waals surface area (Å²) in [7, 11) is 0. The molecule has 0 atom stereocenters. The summed E-state index contributed by atoms with van der Waals surface area (Å²) in [5.74, 6) is 4.69. The summed E-state index contributed by atoms with van der Waals surface area (Å²) in [5.41, 5.74) is 8.51. The van der Waals surface area contributed by atoms with Gasteiger partial charge >= 0.3 is 0 Å². The van der Waals surface area contributed by atoms with Crippen LogP contribution in [0.25, 0.3) is 5.65 Å². The van der Waals surface area contributed by atoms with Gasteiger partial charge in [0, 0.05) is 5.41 Å². The number of nitrogens with one attached hydrogen (secondary N) is 2. The number of hydrazine groups is 1. The van der Waals surface area contributed by atoms with Crippen LogP contribution in [0.3, 0.4) is 0 Å². The Morgan fingerprint density at radius 3 is 2.58 bits per heavy atom. The maximum Gasteiger partial charge on any atom is 0.272 e. The highest BCUT2D eigenvalue weighted by atomic mass is 32.1. The second-order valence-electron chi connectivity index (χ2n) is 5.14. The molecule has 0 unspecified atom stereocenters. The lowest BCUT2D eigenvalue weighted by Gasteiger charge is -2.16. The molecule has 0 bridgehead atoms. The van der Waals surface area contributed by atoms with Crippen LogP contribution in [0.5, 0.6) is 0 Å². The number of nitrogen functional groups attached to an aromatic ring is 2. The molecule has 102 valence electrons. The Hall–Kier alpha value is -2.00. The monoisotopic (exact) mass is 281 g/mol. The molecule has 0 aromatic carbocycles. The Morgan fingerprint density at radius 2 is 2.05 bits per heavy atom. The third-order valence-electron chi connectivity index (χ3n) is 2.66. The number of nitrogens with two attached hydrogens (primary N) is 2. The first-order chi connectivity index (χ1) is 8.77. The smallest absolute Gasteiger partial charge is 0.272 e. The quantitative estimate of drug-likeness (QED) is 0.257. The summed E-state index contributed by atoms with van der Waals surface area (Å²) in [4.78, 5) is 11.7. The first-order valence-electron chi connectivity index (χ1n) is 5.55. The van der Waals surface area contributed by atoms with Crippen molar-refractivity contribution in [1.29, 1.82) is 0 Å². The molecule has 9 heteroatoms. The van der Waals surface area contributed by atoms with E-state index in [0.29, 0.717) is 10.3 Å². The van der Waals surface area contributed by atoms with Gasteiger partial charge in [-0.15, -0.1) is 10.2 Å². The van der Waals surface area contributed by atoms with E-state index in [1.165, 1.54) is 4.52 Å². The molecule has 2 heterocycles. The van der Waals surface area contributed by atoms with Crippen molar-refractivity contribution in [1.82, 2.24) is 25.2 Å². The van der Waals surface area contributed by atoms with Gasteiger partial charge in [-0.2, -0.15) is 0 Å². The van der Waals surface area contributed by atoms with E-state index in [4.69, 9.17) is 23.8 Å². The molecule has 0 aliphatic heterocycles. The average Bonchev–Trinajstić information content (AvgIpc) is 2.64. The van der Waals surface area contributed by atoms with Crippen LogP contribution in [-0.4, -0.2) is 25.7 Å². The molecule has 2 rings (SSSR count). The second-order valence-corrected chi connectivity index (χ2v) is 5.52. The first kappa shape index (κ1) is 13.4. The number of fused-ring (bicyclic) bond motifs is 1. The van der Waals surface area contributed by atoms with E-state index in [1.807, 2.05) is 26.2 Å². The van der Waals surface area contributed by atoms with Gasteiger partial charge in [0.2, 0.25) is 0 Å². The Labute approximate surface area is 114 Å². The molecule has 2 aromatic heterocycles. The largest absolute Gasteiger partial charge is 0.383 e. The van der Waals surface area contributed by atoms with Crippen molar-refractivity contribution in [2.75, 3.05) is 5.73 Å². The minimum atomic E-state index is -0.552. The Balaban J connectivity index is 2.82. The van der Waals surface area contributed by atoms with Crippen LogP contribution in [0.4, 0.5) is 5.82 Å². The number of anilines is 1. The van der Waals surface area contributed by atoms with E-state index in [-0.39, 0.29) is 22.4 Å². The molecule has 1 amide bonds. The number of amides is 1. The van der Waals surface area contributed by atoms with Crippen LogP contribution in [0.2, 0.25) is 0 Å². The first-order valence-corrected chi connectivity index (χ1v) is 5.96. The van der Waals surface area contributed by atoms with Crippen LogP contribution >= 0.6 is 12.2 Å². The van der Waals surface area contributed by atoms with Crippen molar-refractivity contribution in [2.24, 2.45) is 5.84 Å². The summed E-state index contributed by atoms with van der Waals surface area (Å²) in [6.45, 7) is 5.91. The van der Waals surface area contributed by atoms with Crippen molar-refractivity contribution in [3.8, 4) is 0 Å². The van der Waals surface area contributed by atoms with E-state index in [0.717, 1.165) is 0 Å². The molecule has 8 nitrogen and oxygen atoms in total. The molecular weight excluding hydrogens is 266 g/mol. The number of carbonyl (C=O) groups is 1. The van der Waals surface area contributed by atoms with E-state index in [2.05, 4.69) is 15.3 Å². The van der Waals surface area contributed by atoms with Gasteiger partial charge < -0.3 is 5.73 Å². The van der Waals surface area contributed by atoms with Crippen molar-refractivity contribution < 1.29 is 4.79 Å². The fourth-order valence-electron chi connectivity index (χ4n) is 1.72. The maximum atomic E-state index is 11.7. The molecule has 0 saturated carbocycles. The van der Waals surface area contributed by atoms with Crippen LogP contribution in [0.15, 0.2) is 0 Å². The molecule has 0 aliphatic rings. The highest BCUT2D eigenvalue weighted by Crippen LogP contribution is 2.23. The summed E-state index contributed by atoms with van der Waals surface area (Å²) >= 11 is 5.35. The van der Waals surface area contributed by atoms with Gasteiger partial charge in [-0.25, -0.2) is 10.4 Å². The lowest BCUT2D eigenvalue weighted by Crippen LogP contribution is -2.30. The lowest BCUT2D eigenvalue weighted by atomic mass is 9.93. The summed E-state index contributed by atoms with van der Waals surface area (Å²) < 4.78 is 1.89. The predicted octanol–water partition coefficient (Wildman–Crippen LogP) is 0.270. The van der Waals surface area contributed by atoms with Gasteiger partial charge in [0.05, 0.1) is 0 Å². The maximum absolute atomic E-state index is 11.7. The molecule has 19 heavy (non-hydrogen) atoms. The normalized spacial score (nSPS) is 11.8. The fraction of sp³-hybridized carbons (Fsp3) is 0.400. The molecule has 0 fully saturated rings. The zero-order chi connectivity index (χ0) is 14.4. The number of carbonyl (C=O) groups excluding carboxylic acids is 1. The predicted molar refractivity (Wildman–Crippen MR) is 72.9 cm³/mol. The zero-order valence-corrected chi connectivity index (χ0v) is 11.6. The van der Waals surface area contributed by atoms with E-state index in [1.54, 1.807) is 0 Å². The van der Waals surface area contributed by atoms with Crippen molar-refractivity contribution in [3.63, 3.8) is 0 Å². The van der Waals surface area contributed by atoms with Crippen LogP contribution < -0.4 is 17.0 Å². The second kappa shape index (κ2) is 4.28. The summed E-state index contributed by atoms with van der Waals surface area (Å²) in [5, 5.41) is 10.9. The van der Waals surface area contributed by atoms with Gasteiger partial charge in [-0.05, 0) is 0 Å². The van der Waals surface area contributed by atoms with Crippen LogP contribution in [0, 0.1) is 4.64 Å². The zero-order valence-electron chi connectivity index (χ0n) is 10.8. The number of nitrogens with zero attached hydrogens (tertiary/aromatic N) is 3. The number of rotatable bonds is 1. The van der Waals surface area contributed by atoms with Crippen molar-refractivity contribution in [2.45, 2.75) is 26.2 Å². The Morgan fingerprint density at radius 1 is 1.42 bits per heavy atom. The fourth-order valence-corrected chi connectivity index (χ4v) is 2.20. The standard InChI is InChI=1S/C10H15N7OS/c1-10(2,3)5-9(19)17-7(15-14-5)4(6(11)16-17)8(18)13-12/h16H,11-12H2,1-3H3,(H,13,18). The third-order valence-corrected chi connectivity index (χ3v) is 3.03. The van der Waals surface area contributed by atoms with Crippen LogP contribution in [0.1, 0.15) is 36.8 Å². The van der Waals surface area contributed by atoms with Gasteiger partial charge in [-0.3, -0.25) is 15.3 Å². The number of hydrogen-bond donors (Lipinski definition) is 4. The van der Waals surface area contributed by atoms with E-state index in [9.17, 15) is 4.79 Å². The molecule has 0 saturated heterocycles. The molecule has 6 N–H and O–H groups in total. The third kappa shape index (κ3) is 2.06. The van der Waals surface area contributed by atoms with Crippen molar-refractivity contribution >= 4 is 29.6 Å². The lowest BCUT2D eigenvalue weighted by molar-refractivity contribution is 0.0956.